The molecule has 36 heavy (non-hydrogen) atoms. The lowest BCUT2D eigenvalue weighted by Crippen LogP contribution is -2.51. The van der Waals surface area contributed by atoms with Crippen LogP contribution in [0.1, 0.15) is 37.0 Å². The van der Waals surface area contributed by atoms with Crippen molar-refractivity contribution in [2.45, 2.75) is 42.1 Å². The van der Waals surface area contributed by atoms with Crippen molar-refractivity contribution in [1.82, 2.24) is 4.90 Å². The van der Waals surface area contributed by atoms with Gasteiger partial charge in [0.15, 0.2) is 15.6 Å². The largest absolute Gasteiger partial charge is 0.449 e. The topological polar surface area (TPSA) is 82.1 Å². The number of hydrogen-bond acceptors (Lipinski definition) is 6. The number of amides is 1. The average molecular weight is 544 g/mol. The smallest absolute Gasteiger partial charge is 0.409 e. The van der Waals surface area contributed by atoms with E-state index in [0.29, 0.717) is 44.2 Å². The minimum Gasteiger partial charge on any atom is -0.449 e. The number of sulfone groups is 1. The van der Waals surface area contributed by atoms with Crippen LogP contribution in [0.3, 0.4) is 0 Å². The summed E-state index contributed by atoms with van der Waals surface area (Å²) in [5.74, 6) is -3.21. The number of halogens is 3. The summed E-state index contributed by atoms with van der Waals surface area (Å²) in [6.07, 6.45) is 1.21. The second-order valence-corrected chi connectivity index (χ2v) is 11.6. The molecule has 11 heteroatoms. The van der Waals surface area contributed by atoms with Gasteiger partial charge in [-0.15, -0.1) is 0 Å². The van der Waals surface area contributed by atoms with Crippen LogP contribution in [-0.4, -0.2) is 58.1 Å². The van der Waals surface area contributed by atoms with Gasteiger partial charge in [-0.2, -0.15) is 0 Å². The monoisotopic (exact) mass is 543 g/mol. The highest BCUT2D eigenvalue weighted by atomic mass is 35.5. The Morgan fingerprint density at radius 3 is 2.39 bits per heavy atom. The van der Waals surface area contributed by atoms with Crippen molar-refractivity contribution in [1.29, 1.82) is 0 Å². The number of benzene rings is 2. The Bertz CT molecular complexity index is 1180. The summed E-state index contributed by atoms with van der Waals surface area (Å²) >= 11 is 5.89. The number of carbonyl (C=O) groups is 1. The van der Waals surface area contributed by atoms with Gasteiger partial charge in [0.1, 0.15) is 11.6 Å². The highest BCUT2D eigenvalue weighted by Gasteiger charge is 2.41. The van der Waals surface area contributed by atoms with E-state index in [1.165, 1.54) is 36.1 Å². The van der Waals surface area contributed by atoms with Crippen LogP contribution in [0.4, 0.5) is 13.6 Å². The molecule has 1 amide bonds. The van der Waals surface area contributed by atoms with Crippen molar-refractivity contribution in [3.63, 3.8) is 0 Å². The molecule has 0 bridgehead atoms. The van der Waals surface area contributed by atoms with Crippen molar-refractivity contribution in [3.8, 4) is 0 Å². The molecular formula is C25H28ClF2NO6S. The maximum absolute atomic E-state index is 14.8. The van der Waals surface area contributed by atoms with Gasteiger partial charge in [0.2, 0.25) is 0 Å². The molecule has 0 aliphatic carbocycles. The lowest BCUT2D eigenvalue weighted by atomic mass is 10.0. The first-order valence-electron chi connectivity index (χ1n) is 11.8. The first-order chi connectivity index (χ1) is 17.1. The van der Waals surface area contributed by atoms with E-state index in [0.717, 1.165) is 24.6 Å². The fourth-order valence-electron chi connectivity index (χ4n) is 4.60. The fourth-order valence-corrected chi connectivity index (χ4v) is 6.74. The number of nitrogens with zero attached hydrogens (tertiary/aromatic N) is 1. The second-order valence-electron chi connectivity index (χ2n) is 9.09. The van der Waals surface area contributed by atoms with E-state index in [9.17, 15) is 22.0 Å². The molecule has 0 N–H and O–H groups in total. The average Bonchev–Trinajstić information content (AvgIpc) is 2.86. The maximum Gasteiger partial charge on any atom is 0.409 e. The summed E-state index contributed by atoms with van der Waals surface area (Å²) < 4.78 is 72.9. The molecule has 2 fully saturated rings. The van der Waals surface area contributed by atoms with E-state index in [2.05, 4.69) is 0 Å². The Balaban J connectivity index is 1.50. The third kappa shape index (κ3) is 5.82. The summed E-state index contributed by atoms with van der Waals surface area (Å²) in [5.41, 5.74) is -0.333. The van der Waals surface area contributed by atoms with Crippen LogP contribution >= 0.6 is 11.6 Å². The van der Waals surface area contributed by atoms with Gasteiger partial charge in [-0.3, -0.25) is 0 Å². The molecular weight excluding hydrogens is 516 g/mol. The summed E-state index contributed by atoms with van der Waals surface area (Å²) in [7, 11) is -4.20. The normalized spacial score (nSPS) is 19.6. The van der Waals surface area contributed by atoms with Crippen molar-refractivity contribution < 1.29 is 36.2 Å². The molecule has 2 heterocycles. The second kappa shape index (κ2) is 11.0. The van der Waals surface area contributed by atoms with Crippen LogP contribution in [-0.2, 0) is 24.0 Å². The standard InChI is InChI=1S/C25H28ClF2NO6S/c1-17(16-33-24(30)29-11-9-25(10-12-29)34-13-2-14-35-25)23(21-15-19(27)5-8-22(21)28)36(31,32)20-6-3-18(26)4-7-20/h3-8,15,17,23H,2,9-14,16H2,1H3/t17-,23+/m1/s1. The maximum atomic E-state index is 14.8. The molecule has 1 spiro atoms. The van der Waals surface area contributed by atoms with E-state index in [1.807, 2.05) is 0 Å². The molecule has 2 atom stereocenters. The minimum absolute atomic E-state index is 0.104. The van der Waals surface area contributed by atoms with Gasteiger partial charge in [0, 0.05) is 42.4 Å². The van der Waals surface area contributed by atoms with Gasteiger partial charge in [-0.25, -0.2) is 22.0 Å². The van der Waals surface area contributed by atoms with E-state index in [-0.39, 0.29) is 17.1 Å². The number of rotatable bonds is 6. The molecule has 2 aliphatic heterocycles. The van der Waals surface area contributed by atoms with Crippen molar-refractivity contribution >= 4 is 27.5 Å². The number of ether oxygens (including phenoxy) is 3. The first-order valence-corrected chi connectivity index (χ1v) is 13.7. The lowest BCUT2D eigenvalue weighted by Gasteiger charge is -2.43. The molecule has 2 saturated heterocycles. The van der Waals surface area contributed by atoms with Crippen molar-refractivity contribution in [2.24, 2.45) is 5.92 Å². The third-order valence-corrected chi connectivity index (χ3v) is 9.10. The van der Waals surface area contributed by atoms with Gasteiger partial charge in [-0.1, -0.05) is 18.5 Å². The van der Waals surface area contributed by atoms with Gasteiger partial charge in [0.25, 0.3) is 0 Å². The summed E-state index contributed by atoms with van der Waals surface area (Å²) in [6.45, 7) is 3.15. The predicted molar refractivity (Wildman–Crippen MR) is 128 cm³/mol. The van der Waals surface area contributed by atoms with Crippen LogP contribution in [0.5, 0.6) is 0 Å². The molecule has 2 aliphatic rings. The van der Waals surface area contributed by atoms with E-state index >= 15 is 0 Å². The fraction of sp³-hybridized carbons (Fsp3) is 0.480. The van der Waals surface area contributed by atoms with Gasteiger partial charge < -0.3 is 19.1 Å². The van der Waals surface area contributed by atoms with E-state index in [4.69, 9.17) is 25.8 Å². The zero-order valence-electron chi connectivity index (χ0n) is 19.8. The third-order valence-electron chi connectivity index (χ3n) is 6.53. The van der Waals surface area contributed by atoms with Crippen molar-refractivity contribution in [3.05, 3.63) is 64.7 Å². The summed E-state index contributed by atoms with van der Waals surface area (Å²) in [4.78, 5) is 14.1. The van der Waals surface area contributed by atoms with Crippen LogP contribution < -0.4 is 0 Å². The molecule has 7 nitrogen and oxygen atoms in total. The lowest BCUT2D eigenvalue weighted by molar-refractivity contribution is -0.282. The van der Waals surface area contributed by atoms with Gasteiger partial charge in [0.05, 0.1) is 30.0 Å². The molecule has 196 valence electrons. The van der Waals surface area contributed by atoms with Crippen LogP contribution in [0.15, 0.2) is 47.4 Å². The number of piperidine rings is 1. The Kier molecular flexibility index (Phi) is 8.18. The molecule has 0 saturated carbocycles. The zero-order chi connectivity index (χ0) is 25.9. The molecule has 0 unspecified atom stereocenters. The minimum atomic E-state index is -4.20. The highest BCUT2D eigenvalue weighted by molar-refractivity contribution is 7.91. The molecule has 2 aromatic carbocycles. The molecule has 2 aromatic rings. The zero-order valence-corrected chi connectivity index (χ0v) is 21.4. The Morgan fingerprint density at radius 2 is 1.75 bits per heavy atom. The molecule has 0 aromatic heterocycles. The Labute approximate surface area is 214 Å². The SMILES string of the molecule is C[C@H](COC(=O)N1CCC2(CC1)OCCCO2)[C@@H](c1cc(F)ccc1F)S(=O)(=O)c1ccc(Cl)cc1. The quantitative estimate of drug-likeness (QED) is 0.502. The Morgan fingerprint density at radius 1 is 1.11 bits per heavy atom. The number of hydrogen-bond donors (Lipinski definition) is 0. The van der Waals surface area contributed by atoms with Crippen LogP contribution in [0.2, 0.25) is 5.02 Å². The summed E-state index contributed by atoms with van der Waals surface area (Å²) in [6, 6.07) is 8.08. The highest BCUT2D eigenvalue weighted by Crippen LogP contribution is 2.38. The Hall–Kier alpha value is -2.27. The van der Waals surface area contributed by atoms with Crippen LogP contribution in [0.25, 0.3) is 0 Å². The van der Waals surface area contributed by atoms with Gasteiger partial charge in [-0.05, 0) is 48.9 Å². The number of carbonyl (C=O) groups excluding carboxylic acids is 1. The molecule has 0 radical (unpaired) electrons. The van der Waals surface area contributed by atoms with Crippen molar-refractivity contribution in [2.75, 3.05) is 32.9 Å². The number of likely N-dealkylation sites (tertiary alicyclic amines) is 1. The van der Waals surface area contributed by atoms with Crippen LogP contribution in [0, 0.1) is 17.6 Å². The predicted octanol–water partition coefficient (Wildman–Crippen LogP) is 5.13. The summed E-state index contributed by atoms with van der Waals surface area (Å²) in [5, 5.41) is -1.17. The first kappa shape index (κ1) is 26.8. The van der Waals surface area contributed by atoms with E-state index < -0.39 is 44.5 Å². The van der Waals surface area contributed by atoms with Gasteiger partial charge >= 0.3 is 6.09 Å². The van der Waals surface area contributed by atoms with E-state index in [1.54, 1.807) is 0 Å². The molecule has 4 rings (SSSR count).